The Hall–Kier alpha value is -1.89. The van der Waals surface area contributed by atoms with Crippen molar-refractivity contribution < 1.29 is 16.5 Å². The van der Waals surface area contributed by atoms with Crippen molar-refractivity contribution in [1.82, 2.24) is 15.3 Å². The first-order valence-electron chi connectivity index (χ1n) is 6.23. The Morgan fingerprint density at radius 2 is 1.32 bits per heavy atom. The van der Waals surface area contributed by atoms with Crippen LogP contribution in [0, 0.1) is 0 Å². The van der Waals surface area contributed by atoms with E-state index in [9.17, 15) is 0 Å². The Morgan fingerprint density at radius 1 is 0.818 bits per heavy atom. The molecule has 4 rings (SSSR count). The van der Waals surface area contributed by atoms with E-state index in [-0.39, 0.29) is 16.5 Å². The van der Waals surface area contributed by atoms with E-state index in [2.05, 4.69) is 25.3 Å². The molecule has 0 aliphatic carbocycles. The third kappa shape index (κ3) is 2.85. The number of nitrogens with zero attached hydrogens (tertiary/aromatic N) is 4. The SMILES string of the molecule is [Ni].c1ccc2c(c1)/C(=N/c1nccs1)N/C2=N/c1nccs1. The van der Waals surface area contributed by atoms with Crippen LogP contribution in [-0.4, -0.2) is 21.6 Å². The Kier molecular flexibility index (Phi) is 4.42. The summed E-state index contributed by atoms with van der Waals surface area (Å²) in [5.41, 5.74) is 2.06. The molecule has 1 N–H and O–H groups in total. The molecule has 2 aromatic heterocycles. The molecule has 1 aromatic carbocycles. The number of benzene rings is 1. The van der Waals surface area contributed by atoms with Crippen molar-refractivity contribution in [2.45, 2.75) is 0 Å². The second-order valence-corrected chi connectivity index (χ2v) is 5.97. The predicted molar refractivity (Wildman–Crippen MR) is 86.2 cm³/mol. The van der Waals surface area contributed by atoms with E-state index >= 15 is 0 Å². The number of aromatic nitrogens is 2. The number of hydrogen-bond donors (Lipinski definition) is 1. The van der Waals surface area contributed by atoms with E-state index in [1.165, 1.54) is 22.7 Å². The van der Waals surface area contributed by atoms with Crippen LogP contribution in [0.3, 0.4) is 0 Å². The molecule has 0 bridgehead atoms. The van der Waals surface area contributed by atoms with Gasteiger partial charge in [0, 0.05) is 50.8 Å². The number of nitrogens with one attached hydrogen (secondary N) is 1. The summed E-state index contributed by atoms with van der Waals surface area (Å²) in [6.07, 6.45) is 3.49. The standard InChI is InChI=1S/C14H9N5S2.Ni/c1-2-4-10-9(3-1)11(18-13-15-5-7-20-13)17-12(10)19-14-16-6-8-21-14;/h1-8H,(H,15,16,17,18,19);. The van der Waals surface area contributed by atoms with Gasteiger partial charge in [-0.1, -0.05) is 24.3 Å². The fourth-order valence-corrected chi connectivity index (χ4v) is 3.07. The topological polar surface area (TPSA) is 62.5 Å². The fourth-order valence-electron chi connectivity index (χ4n) is 2.05. The zero-order chi connectivity index (χ0) is 14.1. The van der Waals surface area contributed by atoms with Gasteiger partial charge in [-0.25, -0.2) is 20.0 Å². The van der Waals surface area contributed by atoms with Gasteiger partial charge in [0.1, 0.15) is 11.7 Å². The molecule has 0 amide bonds. The van der Waals surface area contributed by atoms with E-state index in [1.807, 2.05) is 35.0 Å². The fraction of sp³-hybridized carbons (Fsp3) is 0. The van der Waals surface area contributed by atoms with Crippen molar-refractivity contribution in [3.8, 4) is 0 Å². The van der Waals surface area contributed by atoms with Crippen molar-refractivity contribution in [2.24, 2.45) is 9.98 Å². The van der Waals surface area contributed by atoms with Crippen LogP contribution in [0.5, 0.6) is 0 Å². The molecule has 8 heteroatoms. The molecule has 112 valence electrons. The van der Waals surface area contributed by atoms with Gasteiger partial charge in [0.05, 0.1) is 0 Å². The van der Waals surface area contributed by atoms with Gasteiger partial charge in [-0.15, -0.1) is 22.7 Å². The Morgan fingerprint density at radius 3 is 1.73 bits per heavy atom. The molecule has 0 unspecified atom stereocenters. The molecule has 1 aliphatic heterocycles. The summed E-state index contributed by atoms with van der Waals surface area (Å²) in [6.45, 7) is 0. The molecule has 0 fully saturated rings. The van der Waals surface area contributed by atoms with Crippen LogP contribution in [0.25, 0.3) is 0 Å². The molecule has 0 saturated carbocycles. The molecule has 0 radical (unpaired) electrons. The van der Waals surface area contributed by atoms with Crippen molar-refractivity contribution >= 4 is 44.6 Å². The molecule has 1 aliphatic rings. The van der Waals surface area contributed by atoms with E-state index in [4.69, 9.17) is 0 Å². The van der Waals surface area contributed by atoms with E-state index in [1.54, 1.807) is 12.4 Å². The van der Waals surface area contributed by atoms with Gasteiger partial charge in [0.25, 0.3) is 0 Å². The number of hydrogen-bond acceptors (Lipinski definition) is 6. The van der Waals surface area contributed by atoms with Gasteiger partial charge in [-0.2, -0.15) is 0 Å². The van der Waals surface area contributed by atoms with Crippen LogP contribution in [0.1, 0.15) is 11.1 Å². The van der Waals surface area contributed by atoms with Gasteiger partial charge >= 0.3 is 0 Å². The molecular weight excluding hydrogens is 361 g/mol. The minimum absolute atomic E-state index is 0. The van der Waals surface area contributed by atoms with Crippen LogP contribution in [-0.2, 0) is 16.5 Å². The van der Waals surface area contributed by atoms with Crippen LogP contribution in [0.15, 0.2) is 57.4 Å². The van der Waals surface area contributed by atoms with Crippen LogP contribution in [0.4, 0.5) is 10.3 Å². The van der Waals surface area contributed by atoms with Gasteiger partial charge in [0.2, 0.25) is 10.3 Å². The van der Waals surface area contributed by atoms with Crippen molar-refractivity contribution in [3.63, 3.8) is 0 Å². The van der Waals surface area contributed by atoms with E-state index < -0.39 is 0 Å². The molecule has 5 nitrogen and oxygen atoms in total. The molecular formula is C14H9N5NiS2. The number of thiazole rings is 2. The second kappa shape index (κ2) is 6.48. The largest absolute Gasteiger partial charge is 0.324 e. The summed E-state index contributed by atoms with van der Waals surface area (Å²) < 4.78 is 0. The second-order valence-electron chi connectivity index (χ2n) is 4.22. The summed E-state index contributed by atoms with van der Waals surface area (Å²) in [5.74, 6) is 1.55. The molecule has 0 saturated heterocycles. The minimum atomic E-state index is 0. The zero-order valence-corrected chi connectivity index (χ0v) is 13.7. The maximum Gasteiger partial charge on any atom is 0.211 e. The Labute approximate surface area is 144 Å². The first-order chi connectivity index (χ1) is 10.4. The Bertz CT molecular complexity index is 756. The predicted octanol–water partition coefficient (Wildman–Crippen LogP) is 3.36. The Balaban J connectivity index is 0.00000144. The molecule has 0 atom stereocenters. The van der Waals surface area contributed by atoms with Crippen molar-refractivity contribution in [3.05, 3.63) is 58.5 Å². The van der Waals surface area contributed by atoms with Gasteiger partial charge in [0.15, 0.2) is 0 Å². The summed E-state index contributed by atoms with van der Waals surface area (Å²) in [5, 5.41) is 8.53. The van der Waals surface area contributed by atoms with Gasteiger partial charge in [-0.3, -0.25) is 0 Å². The van der Waals surface area contributed by atoms with E-state index in [0.717, 1.165) is 33.1 Å². The molecule has 0 spiro atoms. The monoisotopic (exact) mass is 369 g/mol. The summed E-state index contributed by atoms with van der Waals surface area (Å²) in [7, 11) is 0. The van der Waals surface area contributed by atoms with Crippen molar-refractivity contribution in [1.29, 1.82) is 0 Å². The number of amidine groups is 2. The molecule has 22 heavy (non-hydrogen) atoms. The first-order valence-corrected chi connectivity index (χ1v) is 7.99. The maximum atomic E-state index is 4.55. The molecule has 3 aromatic rings. The van der Waals surface area contributed by atoms with Gasteiger partial charge < -0.3 is 5.32 Å². The molecule has 3 heterocycles. The number of aliphatic imine (C=N–C) groups is 2. The third-order valence-corrected chi connectivity index (χ3v) is 4.26. The average molecular weight is 370 g/mol. The maximum absolute atomic E-state index is 4.55. The summed E-state index contributed by atoms with van der Waals surface area (Å²) >= 11 is 3.00. The minimum Gasteiger partial charge on any atom is -0.324 e. The van der Waals surface area contributed by atoms with Crippen molar-refractivity contribution in [2.75, 3.05) is 0 Å². The van der Waals surface area contributed by atoms with Crippen LogP contribution < -0.4 is 5.32 Å². The summed E-state index contributed by atoms with van der Waals surface area (Å²) in [6, 6.07) is 8.03. The van der Waals surface area contributed by atoms with Gasteiger partial charge in [-0.05, 0) is 0 Å². The quantitative estimate of drug-likeness (QED) is 0.704. The number of rotatable bonds is 2. The van der Waals surface area contributed by atoms with Crippen LogP contribution >= 0.6 is 22.7 Å². The number of fused-ring (bicyclic) bond motifs is 1. The third-order valence-electron chi connectivity index (χ3n) is 2.93. The first kappa shape index (κ1) is 15.0. The zero-order valence-electron chi connectivity index (χ0n) is 11.0. The van der Waals surface area contributed by atoms with E-state index in [0.29, 0.717) is 0 Å². The smallest absolute Gasteiger partial charge is 0.211 e. The average Bonchev–Trinajstić information content (AvgIpc) is 3.23. The van der Waals surface area contributed by atoms with Crippen LogP contribution in [0.2, 0.25) is 0 Å². The summed E-state index contributed by atoms with van der Waals surface area (Å²) in [4.78, 5) is 17.5. The normalized spacial score (nSPS) is 16.4.